The smallest absolute Gasteiger partial charge is 0.337 e. The minimum atomic E-state index is -1.06. The van der Waals surface area contributed by atoms with E-state index < -0.39 is 5.97 Å². The Morgan fingerprint density at radius 3 is 2.52 bits per heavy atom. The molecule has 0 aromatic heterocycles. The molecule has 5 nitrogen and oxygen atoms in total. The first-order chi connectivity index (χ1) is 10.1. The van der Waals surface area contributed by atoms with Crippen molar-refractivity contribution in [3.05, 3.63) is 48.0 Å². The van der Waals surface area contributed by atoms with E-state index >= 15 is 0 Å². The van der Waals surface area contributed by atoms with Crippen LogP contribution in [-0.2, 0) is 0 Å². The molecule has 2 aromatic carbocycles. The zero-order valence-electron chi connectivity index (χ0n) is 11.7. The van der Waals surface area contributed by atoms with Gasteiger partial charge in [-0.1, -0.05) is 19.1 Å². The number of hydrogen-bond donors (Lipinski definition) is 2. The molecular weight excluding hydrogens is 270 g/mol. The van der Waals surface area contributed by atoms with E-state index in [-0.39, 0.29) is 11.3 Å². The fourth-order valence-corrected chi connectivity index (χ4v) is 1.79. The zero-order valence-corrected chi connectivity index (χ0v) is 11.7. The van der Waals surface area contributed by atoms with Crippen molar-refractivity contribution in [2.75, 3.05) is 12.3 Å². The molecule has 0 unspecified atom stereocenters. The predicted molar refractivity (Wildman–Crippen MR) is 80.1 cm³/mol. The third kappa shape index (κ3) is 3.66. The van der Waals surface area contributed by atoms with Crippen molar-refractivity contribution in [2.45, 2.75) is 13.3 Å². The molecule has 0 radical (unpaired) electrons. The monoisotopic (exact) mass is 287 g/mol. The lowest BCUT2D eigenvalue weighted by atomic mass is 10.2. The highest BCUT2D eigenvalue weighted by atomic mass is 16.5. The average Bonchev–Trinajstić information content (AvgIpc) is 2.46. The van der Waals surface area contributed by atoms with Crippen LogP contribution in [0.15, 0.2) is 42.5 Å². The van der Waals surface area contributed by atoms with E-state index in [9.17, 15) is 4.79 Å². The summed E-state index contributed by atoms with van der Waals surface area (Å²) in [6, 6.07) is 11.8. The molecular formula is C16H17NO4. The van der Waals surface area contributed by atoms with Crippen LogP contribution in [-0.4, -0.2) is 17.7 Å². The highest BCUT2D eigenvalue weighted by molar-refractivity contribution is 5.93. The van der Waals surface area contributed by atoms with Crippen LogP contribution >= 0.6 is 0 Å². The van der Waals surface area contributed by atoms with Crippen LogP contribution in [0.3, 0.4) is 0 Å². The number of benzene rings is 2. The number of carbonyl (C=O) groups is 1. The normalized spacial score (nSPS) is 10.1. The summed E-state index contributed by atoms with van der Waals surface area (Å²) in [5.41, 5.74) is 5.91. The lowest BCUT2D eigenvalue weighted by molar-refractivity contribution is 0.0698. The van der Waals surface area contributed by atoms with Gasteiger partial charge in [0.15, 0.2) is 11.5 Å². The molecule has 0 aliphatic heterocycles. The second-order valence-corrected chi connectivity index (χ2v) is 4.45. The molecule has 0 heterocycles. The summed E-state index contributed by atoms with van der Waals surface area (Å²) in [4.78, 5) is 10.9. The third-order valence-electron chi connectivity index (χ3n) is 2.79. The minimum absolute atomic E-state index is 0.0536. The topological polar surface area (TPSA) is 81.8 Å². The van der Waals surface area contributed by atoms with E-state index in [1.54, 1.807) is 12.1 Å². The van der Waals surface area contributed by atoms with Crippen molar-refractivity contribution >= 4 is 11.7 Å². The fraction of sp³-hybridized carbons (Fsp3) is 0.188. The Labute approximate surface area is 122 Å². The van der Waals surface area contributed by atoms with Crippen molar-refractivity contribution in [1.29, 1.82) is 0 Å². The van der Waals surface area contributed by atoms with Crippen LogP contribution in [0.5, 0.6) is 17.2 Å². The highest BCUT2D eigenvalue weighted by Crippen LogP contribution is 2.32. The number of nitrogens with two attached hydrogens (primary N) is 1. The number of anilines is 1. The first kappa shape index (κ1) is 14.7. The van der Waals surface area contributed by atoms with Crippen LogP contribution < -0.4 is 15.2 Å². The lowest BCUT2D eigenvalue weighted by Crippen LogP contribution is -2.02. The Hall–Kier alpha value is -2.69. The van der Waals surface area contributed by atoms with Crippen molar-refractivity contribution < 1.29 is 19.4 Å². The molecule has 5 heteroatoms. The molecule has 0 aliphatic rings. The maximum atomic E-state index is 10.9. The molecule has 2 rings (SSSR count). The molecule has 2 aromatic rings. The molecule has 0 bridgehead atoms. The Morgan fingerprint density at radius 1 is 1.19 bits per heavy atom. The number of hydrogen-bond acceptors (Lipinski definition) is 4. The van der Waals surface area contributed by atoms with E-state index in [0.29, 0.717) is 23.9 Å². The van der Waals surface area contributed by atoms with Gasteiger partial charge in [0.25, 0.3) is 0 Å². The molecule has 0 amide bonds. The number of ether oxygens (including phenoxy) is 2. The van der Waals surface area contributed by atoms with Crippen molar-refractivity contribution in [3.63, 3.8) is 0 Å². The van der Waals surface area contributed by atoms with Gasteiger partial charge in [-0.2, -0.15) is 0 Å². The Morgan fingerprint density at radius 2 is 1.90 bits per heavy atom. The summed E-state index contributed by atoms with van der Waals surface area (Å²) in [7, 11) is 0. The molecule has 0 spiro atoms. The lowest BCUT2D eigenvalue weighted by Gasteiger charge is -2.12. The molecule has 0 fully saturated rings. The standard InChI is InChI=1S/C16H17NO4/c1-2-9-20-14-5-3-4-6-15(14)21-11-7-8-12(16(18)19)13(17)10-11/h3-8,10H,2,9,17H2,1H3,(H,18,19). The van der Waals surface area contributed by atoms with Crippen LogP contribution in [0.25, 0.3) is 0 Å². The Balaban J connectivity index is 2.22. The number of carboxylic acids is 1. The summed E-state index contributed by atoms with van der Waals surface area (Å²) in [5.74, 6) is 0.601. The predicted octanol–water partition coefficient (Wildman–Crippen LogP) is 3.55. The number of rotatable bonds is 6. The second-order valence-electron chi connectivity index (χ2n) is 4.45. The van der Waals surface area contributed by atoms with Crippen LogP contribution in [0.1, 0.15) is 23.7 Å². The van der Waals surface area contributed by atoms with E-state index in [4.69, 9.17) is 20.3 Å². The van der Waals surface area contributed by atoms with Crippen LogP contribution in [0.2, 0.25) is 0 Å². The number of aromatic carboxylic acids is 1. The summed E-state index contributed by atoms with van der Waals surface area (Å²) in [5, 5.41) is 8.95. The molecule has 0 aliphatic carbocycles. The maximum absolute atomic E-state index is 10.9. The first-order valence-corrected chi connectivity index (χ1v) is 6.64. The van der Waals surface area contributed by atoms with E-state index in [0.717, 1.165) is 6.42 Å². The number of carboxylic acid groups (broad SMARTS) is 1. The molecule has 0 saturated carbocycles. The molecule has 110 valence electrons. The summed E-state index contributed by atoms with van der Waals surface area (Å²) in [6.45, 7) is 2.62. The largest absolute Gasteiger partial charge is 0.490 e. The van der Waals surface area contributed by atoms with Gasteiger partial charge in [0.2, 0.25) is 0 Å². The van der Waals surface area contributed by atoms with Gasteiger partial charge in [-0.25, -0.2) is 4.79 Å². The molecule has 3 N–H and O–H groups in total. The van der Waals surface area contributed by atoms with E-state index in [2.05, 4.69) is 0 Å². The average molecular weight is 287 g/mol. The van der Waals surface area contributed by atoms with Gasteiger partial charge in [0.1, 0.15) is 5.75 Å². The summed E-state index contributed by atoms with van der Waals surface area (Å²) >= 11 is 0. The molecule has 21 heavy (non-hydrogen) atoms. The summed E-state index contributed by atoms with van der Waals surface area (Å²) in [6.07, 6.45) is 0.897. The second kappa shape index (κ2) is 6.65. The van der Waals surface area contributed by atoms with E-state index in [1.807, 2.05) is 25.1 Å². The van der Waals surface area contributed by atoms with Gasteiger partial charge in [-0.3, -0.25) is 0 Å². The Kier molecular flexibility index (Phi) is 4.66. The molecule has 0 atom stereocenters. The quantitative estimate of drug-likeness (QED) is 0.794. The minimum Gasteiger partial charge on any atom is -0.490 e. The number of para-hydroxylation sites is 2. The highest BCUT2D eigenvalue weighted by Gasteiger charge is 2.10. The third-order valence-corrected chi connectivity index (χ3v) is 2.79. The fourth-order valence-electron chi connectivity index (χ4n) is 1.79. The first-order valence-electron chi connectivity index (χ1n) is 6.64. The van der Waals surface area contributed by atoms with Gasteiger partial charge in [-0.05, 0) is 30.7 Å². The summed E-state index contributed by atoms with van der Waals surface area (Å²) < 4.78 is 11.3. The number of nitrogen functional groups attached to an aromatic ring is 1. The van der Waals surface area contributed by atoms with Crippen LogP contribution in [0.4, 0.5) is 5.69 Å². The van der Waals surface area contributed by atoms with Crippen molar-refractivity contribution in [3.8, 4) is 17.2 Å². The van der Waals surface area contributed by atoms with Gasteiger partial charge in [0.05, 0.1) is 12.2 Å². The van der Waals surface area contributed by atoms with Gasteiger partial charge >= 0.3 is 5.97 Å². The Bertz CT molecular complexity index is 640. The zero-order chi connectivity index (χ0) is 15.2. The van der Waals surface area contributed by atoms with Gasteiger partial charge in [-0.15, -0.1) is 0 Å². The van der Waals surface area contributed by atoms with E-state index in [1.165, 1.54) is 12.1 Å². The SMILES string of the molecule is CCCOc1ccccc1Oc1ccc(C(=O)O)c(N)c1. The molecule has 0 saturated heterocycles. The van der Waals surface area contributed by atoms with Crippen LogP contribution in [0, 0.1) is 0 Å². The maximum Gasteiger partial charge on any atom is 0.337 e. The van der Waals surface area contributed by atoms with Crippen molar-refractivity contribution in [1.82, 2.24) is 0 Å². The van der Waals surface area contributed by atoms with Gasteiger partial charge < -0.3 is 20.3 Å². The van der Waals surface area contributed by atoms with Gasteiger partial charge in [0, 0.05) is 11.8 Å². The van der Waals surface area contributed by atoms with Crippen molar-refractivity contribution in [2.24, 2.45) is 0 Å².